The van der Waals surface area contributed by atoms with Crippen LogP contribution in [0.5, 0.6) is 0 Å². The summed E-state index contributed by atoms with van der Waals surface area (Å²) in [6, 6.07) is 1.55. The topological polar surface area (TPSA) is 15.3 Å². The Hall–Kier alpha value is -0.0800. The second-order valence-electron chi connectivity index (χ2n) is 5.62. The van der Waals surface area contributed by atoms with Crippen molar-refractivity contribution in [1.82, 2.24) is 10.2 Å². The molecule has 0 heterocycles. The summed E-state index contributed by atoms with van der Waals surface area (Å²) in [7, 11) is 2.31. The normalized spacial score (nSPS) is 25.8. The summed E-state index contributed by atoms with van der Waals surface area (Å²) < 4.78 is 0. The fourth-order valence-corrected chi connectivity index (χ4v) is 3.39. The van der Waals surface area contributed by atoms with Crippen molar-refractivity contribution in [3.8, 4) is 0 Å². The van der Waals surface area contributed by atoms with Crippen molar-refractivity contribution in [2.45, 2.75) is 71.4 Å². The van der Waals surface area contributed by atoms with Crippen molar-refractivity contribution in [2.75, 3.05) is 20.1 Å². The second-order valence-corrected chi connectivity index (χ2v) is 5.62. The molecule has 0 aromatic rings. The van der Waals surface area contributed by atoms with Gasteiger partial charge in [0.05, 0.1) is 0 Å². The van der Waals surface area contributed by atoms with Gasteiger partial charge in [0.25, 0.3) is 0 Å². The summed E-state index contributed by atoms with van der Waals surface area (Å²) in [5, 5.41) is 3.69. The highest BCUT2D eigenvalue weighted by Gasteiger charge is 2.26. The fraction of sp³-hybridized carbons (Fsp3) is 1.00. The van der Waals surface area contributed by atoms with E-state index in [4.69, 9.17) is 0 Å². The molecule has 0 amide bonds. The van der Waals surface area contributed by atoms with Crippen LogP contribution in [-0.2, 0) is 0 Å². The predicted molar refractivity (Wildman–Crippen MR) is 76.4 cm³/mol. The SMILES string of the molecule is CCNC1CCCCC1CN(C)C(CC)CC. The minimum Gasteiger partial charge on any atom is -0.314 e. The maximum atomic E-state index is 3.69. The van der Waals surface area contributed by atoms with Crippen LogP contribution in [0.15, 0.2) is 0 Å². The Bertz CT molecular complexity index is 187. The Balaban J connectivity index is 2.45. The van der Waals surface area contributed by atoms with Gasteiger partial charge < -0.3 is 10.2 Å². The Morgan fingerprint density at radius 2 is 1.76 bits per heavy atom. The molecule has 1 saturated carbocycles. The first-order valence-electron chi connectivity index (χ1n) is 7.66. The van der Waals surface area contributed by atoms with Crippen LogP contribution in [0.25, 0.3) is 0 Å². The quantitative estimate of drug-likeness (QED) is 0.735. The highest BCUT2D eigenvalue weighted by atomic mass is 15.1. The van der Waals surface area contributed by atoms with Gasteiger partial charge in [-0.15, -0.1) is 0 Å². The lowest BCUT2D eigenvalue weighted by molar-refractivity contribution is 0.149. The first-order valence-corrected chi connectivity index (χ1v) is 7.66. The molecule has 2 atom stereocenters. The molecule has 0 aromatic carbocycles. The monoisotopic (exact) mass is 240 g/mol. The number of rotatable bonds is 7. The van der Waals surface area contributed by atoms with Crippen LogP contribution in [0.4, 0.5) is 0 Å². The molecule has 102 valence electrons. The summed E-state index contributed by atoms with van der Waals surface area (Å²) >= 11 is 0. The van der Waals surface area contributed by atoms with E-state index in [1.54, 1.807) is 0 Å². The molecule has 0 radical (unpaired) electrons. The van der Waals surface area contributed by atoms with Crippen LogP contribution in [0, 0.1) is 5.92 Å². The minimum absolute atomic E-state index is 0.769. The van der Waals surface area contributed by atoms with Gasteiger partial charge in [-0.1, -0.05) is 33.6 Å². The number of nitrogens with one attached hydrogen (secondary N) is 1. The van der Waals surface area contributed by atoms with Crippen LogP contribution >= 0.6 is 0 Å². The molecule has 1 aliphatic carbocycles. The number of nitrogens with zero attached hydrogens (tertiary/aromatic N) is 1. The Labute approximate surface area is 108 Å². The van der Waals surface area contributed by atoms with Crippen molar-refractivity contribution in [3.05, 3.63) is 0 Å². The van der Waals surface area contributed by atoms with Gasteiger partial charge in [-0.25, -0.2) is 0 Å². The first-order chi connectivity index (χ1) is 8.22. The predicted octanol–water partition coefficient (Wildman–Crippen LogP) is 3.28. The van der Waals surface area contributed by atoms with E-state index in [0.29, 0.717) is 0 Å². The molecule has 0 aromatic heterocycles. The molecule has 2 nitrogen and oxygen atoms in total. The van der Waals surface area contributed by atoms with Crippen LogP contribution < -0.4 is 5.32 Å². The molecule has 1 fully saturated rings. The Kier molecular flexibility index (Phi) is 7.14. The zero-order valence-electron chi connectivity index (χ0n) is 12.3. The van der Waals surface area contributed by atoms with Crippen molar-refractivity contribution >= 4 is 0 Å². The lowest BCUT2D eigenvalue weighted by Crippen LogP contribution is -2.45. The van der Waals surface area contributed by atoms with E-state index in [1.807, 2.05) is 0 Å². The minimum atomic E-state index is 0.769. The van der Waals surface area contributed by atoms with Crippen LogP contribution in [0.2, 0.25) is 0 Å². The van der Waals surface area contributed by atoms with Crippen molar-refractivity contribution < 1.29 is 0 Å². The molecule has 17 heavy (non-hydrogen) atoms. The summed E-state index contributed by atoms with van der Waals surface area (Å²) in [6.45, 7) is 9.26. The third-order valence-electron chi connectivity index (χ3n) is 4.46. The average Bonchev–Trinajstić information content (AvgIpc) is 2.33. The largest absolute Gasteiger partial charge is 0.314 e. The highest BCUT2D eigenvalue weighted by molar-refractivity contribution is 4.83. The van der Waals surface area contributed by atoms with E-state index in [9.17, 15) is 0 Å². The van der Waals surface area contributed by atoms with Crippen molar-refractivity contribution in [3.63, 3.8) is 0 Å². The lowest BCUT2D eigenvalue weighted by Gasteiger charge is -2.37. The zero-order valence-corrected chi connectivity index (χ0v) is 12.3. The molecule has 2 unspecified atom stereocenters. The van der Waals surface area contributed by atoms with E-state index in [1.165, 1.54) is 45.1 Å². The standard InChI is InChI=1S/C15H32N2/c1-5-14(6-2)17(4)12-13-10-8-9-11-15(13)16-7-3/h13-16H,5-12H2,1-4H3. The Morgan fingerprint density at radius 1 is 1.12 bits per heavy atom. The average molecular weight is 240 g/mol. The summed E-state index contributed by atoms with van der Waals surface area (Å²) in [5.41, 5.74) is 0. The lowest BCUT2D eigenvalue weighted by atomic mass is 9.84. The van der Waals surface area contributed by atoms with Gasteiger partial charge in [0.15, 0.2) is 0 Å². The van der Waals surface area contributed by atoms with Crippen LogP contribution in [0.1, 0.15) is 59.3 Å². The van der Waals surface area contributed by atoms with Crippen LogP contribution in [-0.4, -0.2) is 37.1 Å². The molecular weight excluding hydrogens is 208 g/mol. The van der Waals surface area contributed by atoms with Crippen LogP contribution in [0.3, 0.4) is 0 Å². The summed E-state index contributed by atoms with van der Waals surface area (Å²) in [5.74, 6) is 0.870. The van der Waals surface area contributed by atoms with Gasteiger partial charge in [0.1, 0.15) is 0 Å². The van der Waals surface area contributed by atoms with Crippen molar-refractivity contribution in [2.24, 2.45) is 5.92 Å². The Morgan fingerprint density at radius 3 is 2.35 bits per heavy atom. The van der Waals surface area contributed by atoms with Gasteiger partial charge >= 0.3 is 0 Å². The van der Waals surface area contributed by atoms with Gasteiger partial charge in [-0.3, -0.25) is 0 Å². The summed E-state index contributed by atoms with van der Waals surface area (Å²) in [4.78, 5) is 2.60. The van der Waals surface area contributed by atoms with Gasteiger partial charge in [0, 0.05) is 18.6 Å². The van der Waals surface area contributed by atoms with Gasteiger partial charge in [-0.05, 0) is 45.2 Å². The van der Waals surface area contributed by atoms with Gasteiger partial charge in [-0.2, -0.15) is 0 Å². The van der Waals surface area contributed by atoms with E-state index in [0.717, 1.165) is 24.5 Å². The fourth-order valence-electron chi connectivity index (χ4n) is 3.39. The number of hydrogen-bond acceptors (Lipinski definition) is 2. The third kappa shape index (κ3) is 4.59. The molecule has 0 spiro atoms. The molecule has 1 rings (SSSR count). The molecular formula is C15H32N2. The molecule has 1 aliphatic rings. The maximum Gasteiger partial charge on any atom is 0.0107 e. The van der Waals surface area contributed by atoms with Gasteiger partial charge in [0.2, 0.25) is 0 Å². The maximum absolute atomic E-state index is 3.69. The van der Waals surface area contributed by atoms with E-state index in [2.05, 4.69) is 38.0 Å². The zero-order chi connectivity index (χ0) is 12.7. The molecule has 0 aliphatic heterocycles. The highest BCUT2D eigenvalue weighted by Crippen LogP contribution is 2.26. The molecule has 0 bridgehead atoms. The third-order valence-corrected chi connectivity index (χ3v) is 4.46. The second kappa shape index (κ2) is 8.10. The molecule has 1 N–H and O–H groups in total. The van der Waals surface area contributed by atoms with E-state index < -0.39 is 0 Å². The van der Waals surface area contributed by atoms with Crippen molar-refractivity contribution in [1.29, 1.82) is 0 Å². The smallest absolute Gasteiger partial charge is 0.0107 e. The molecule has 2 heteroatoms. The summed E-state index contributed by atoms with van der Waals surface area (Å²) in [6.07, 6.45) is 8.22. The molecule has 0 saturated heterocycles. The van der Waals surface area contributed by atoms with E-state index >= 15 is 0 Å². The van der Waals surface area contributed by atoms with E-state index in [-0.39, 0.29) is 0 Å². The number of hydrogen-bond donors (Lipinski definition) is 1. The first kappa shape index (κ1) is 15.0.